The molecule has 1 aromatic carbocycles. The molecule has 0 unspecified atom stereocenters. The van der Waals surface area contributed by atoms with Crippen molar-refractivity contribution >= 4 is 15.9 Å². The van der Waals surface area contributed by atoms with Gasteiger partial charge in [-0.05, 0) is 19.1 Å². The topological polar surface area (TPSA) is 83.5 Å². The number of piperazine rings is 1. The van der Waals surface area contributed by atoms with Gasteiger partial charge in [-0.2, -0.15) is 4.31 Å². The zero-order valence-electron chi connectivity index (χ0n) is 13.3. The Morgan fingerprint density at radius 3 is 2.25 bits per heavy atom. The summed E-state index contributed by atoms with van der Waals surface area (Å²) in [5, 5.41) is 0. The number of hydrogen-bond donors (Lipinski definition) is 0. The molecule has 3 rings (SSSR count). The van der Waals surface area contributed by atoms with Crippen molar-refractivity contribution in [2.24, 2.45) is 0 Å². The SMILES string of the molecule is Cc1cnc(C(=O)N2CCN(S(=O)(=O)c3ccccc3)CC2)cn1. The molecule has 2 aromatic rings. The molecular formula is C16H18N4O3S. The number of sulfonamides is 1. The van der Waals surface area contributed by atoms with Crippen LogP contribution in [0.4, 0.5) is 0 Å². The van der Waals surface area contributed by atoms with Gasteiger partial charge in [-0.3, -0.25) is 9.78 Å². The van der Waals surface area contributed by atoms with Crippen molar-refractivity contribution in [1.82, 2.24) is 19.2 Å². The van der Waals surface area contributed by atoms with E-state index in [0.29, 0.717) is 13.1 Å². The van der Waals surface area contributed by atoms with Gasteiger partial charge < -0.3 is 4.90 Å². The Labute approximate surface area is 141 Å². The van der Waals surface area contributed by atoms with Gasteiger partial charge in [-0.25, -0.2) is 13.4 Å². The Morgan fingerprint density at radius 1 is 1.00 bits per heavy atom. The van der Waals surface area contributed by atoms with Crippen LogP contribution < -0.4 is 0 Å². The van der Waals surface area contributed by atoms with Gasteiger partial charge in [0.1, 0.15) is 5.69 Å². The van der Waals surface area contributed by atoms with Crippen LogP contribution in [0.15, 0.2) is 47.6 Å². The molecule has 1 fully saturated rings. The van der Waals surface area contributed by atoms with E-state index in [2.05, 4.69) is 9.97 Å². The molecule has 0 radical (unpaired) electrons. The number of hydrogen-bond acceptors (Lipinski definition) is 5. The lowest BCUT2D eigenvalue weighted by atomic mass is 10.3. The average molecular weight is 346 g/mol. The molecule has 7 nitrogen and oxygen atoms in total. The molecule has 1 amide bonds. The Balaban J connectivity index is 1.67. The van der Waals surface area contributed by atoms with E-state index in [1.54, 1.807) is 48.4 Å². The maximum atomic E-state index is 12.6. The van der Waals surface area contributed by atoms with E-state index in [1.165, 1.54) is 10.5 Å². The van der Waals surface area contributed by atoms with Gasteiger partial charge in [0.05, 0.1) is 16.8 Å². The third-order valence-electron chi connectivity index (χ3n) is 3.91. The molecular weight excluding hydrogens is 328 g/mol. The zero-order valence-corrected chi connectivity index (χ0v) is 14.1. The highest BCUT2D eigenvalue weighted by Gasteiger charge is 2.30. The number of carbonyl (C=O) groups is 1. The molecule has 1 saturated heterocycles. The summed E-state index contributed by atoms with van der Waals surface area (Å²) in [5.74, 6) is -0.223. The lowest BCUT2D eigenvalue weighted by Gasteiger charge is -2.33. The van der Waals surface area contributed by atoms with Gasteiger partial charge in [0.2, 0.25) is 10.0 Å². The van der Waals surface area contributed by atoms with Crippen LogP contribution in [0.5, 0.6) is 0 Å². The first-order valence-corrected chi connectivity index (χ1v) is 9.05. The second-order valence-electron chi connectivity index (χ2n) is 5.55. The molecule has 1 aliphatic heterocycles. The average Bonchev–Trinajstić information content (AvgIpc) is 2.62. The zero-order chi connectivity index (χ0) is 17.2. The molecule has 1 aliphatic rings. The first-order chi connectivity index (χ1) is 11.5. The summed E-state index contributed by atoms with van der Waals surface area (Å²) in [4.78, 5) is 22.4. The number of carbonyl (C=O) groups excluding carboxylic acids is 1. The fourth-order valence-corrected chi connectivity index (χ4v) is 3.98. The molecule has 0 bridgehead atoms. The summed E-state index contributed by atoms with van der Waals surface area (Å²) in [5.41, 5.74) is 1.02. The molecule has 0 saturated carbocycles. The predicted molar refractivity (Wildman–Crippen MR) is 87.9 cm³/mol. The molecule has 0 N–H and O–H groups in total. The van der Waals surface area contributed by atoms with Crippen LogP contribution in [0.3, 0.4) is 0 Å². The molecule has 8 heteroatoms. The van der Waals surface area contributed by atoms with E-state index < -0.39 is 10.0 Å². The normalized spacial score (nSPS) is 16.1. The van der Waals surface area contributed by atoms with Crippen molar-refractivity contribution in [2.75, 3.05) is 26.2 Å². The van der Waals surface area contributed by atoms with Crippen molar-refractivity contribution in [3.8, 4) is 0 Å². The van der Waals surface area contributed by atoms with Gasteiger partial charge >= 0.3 is 0 Å². The van der Waals surface area contributed by atoms with E-state index in [-0.39, 0.29) is 29.6 Å². The van der Waals surface area contributed by atoms with E-state index >= 15 is 0 Å². The number of aromatic nitrogens is 2. The molecule has 24 heavy (non-hydrogen) atoms. The lowest BCUT2D eigenvalue weighted by molar-refractivity contribution is 0.0691. The van der Waals surface area contributed by atoms with Gasteiger partial charge in [-0.15, -0.1) is 0 Å². The largest absolute Gasteiger partial charge is 0.335 e. The smallest absolute Gasteiger partial charge is 0.274 e. The maximum Gasteiger partial charge on any atom is 0.274 e. The monoisotopic (exact) mass is 346 g/mol. The van der Waals surface area contributed by atoms with Crippen LogP contribution in [0.2, 0.25) is 0 Å². The van der Waals surface area contributed by atoms with E-state index in [4.69, 9.17) is 0 Å². The van der Waals surface area contributed by atoms with Crippen molar-refractivity contribution < 1.29 is 13.2 Å². The second-order valence-corrected chi connectivity index (χ2v) is 7.49. The Hall–Kier alpha value is -2.32. The van der Waals surface area contributed by atoms with Crippen LogP contribution in [0.25, 0.3) is 0 Å². The number of nitrogens with zero attached hydrogens (tertiary/aromatic N) is 4. The number of amides is 1. The van der Waals surface area contributed by atoms with Crippen molar-refractivity contribution in [1.29, 1.82) is 0 Å². The predicted octanol–water partition coefficient (Wildman–Crippen LogP) is 0.932. The highest BCUT2D eigenvalue weighted by molar-refractivity contribution is 7.89. The second kappa shape index (κ2) is 6.66. The minimum absolute atomic E-state index is 0.223. The molecule has 0 aliphatic carbocycles. The van der Waals surface area contributed by atoms with Crippen LogP contribution >= 0.6 is 0 Å². The van der Waals surface area contributed by atoms with Gasteiger partial charge in [0.25, 0.3) is 5.91 Å². The van der Waals surface area contributed by atoms with E-state index in [9.17, 15) is 13.2 Å². The minimum Gasteiger partial charge on any atom is -0.335 e. The van der Waals surface area contributed by atoms with E-state index in [1.807, 2.05) is 0 Å². The van der Waals surface area contributed by atoms with Crippen molar-refractivity contribution in [3.05, 3.63) is 54.1 Å². The number of rotatable bonds is 3. The summed E-state index contributed by atoms with van der Waals surface area (Å²) in [6.45, 7) is 3.00. The van der Waals surface area contributed by atoms with Gasteiger partial charge in [0, 0.05) is 32.4 Å². The third-order valence-corrected chi connectivity index (χ3v) is 5.82. The van der Waals surface area contributed by atoms with Gasteiger partial charge in [0.15, 0.2) is 0 Å². The van der Waals surface area contributed by atoms with Crippen LogP contribution in [0.1, 0.15) is 16.2 Å². The summed E-state index contributed by atoms with van der Waals surface area (Å²) in [7, 11) is -3.51. The summed E-state index contributed by atoms with van der Waals surface area (Å²) in [6.07, 6.45) is 2.99. The number of benzene rings is 1. The summed E-state index contributed by atoms with van der Waals surface area (Å²) < 4.78 is 26.6. The first kappa shape index (κ1) is 16.5. The molecule has 0 spiro atoms. The first-order valence-electron chi connectivity index (χ1n) is 7.61. The van der Waals surface area contributed by atoms with Crippen molar-refractivity contribution in [3.63, 3.8) is 0 Å². The van der Waals surface area contributed by atoms with E-state index in [0.717, 1.165) is 5.69 Å². The third kappa shape index (κ3) is 3.29. The highest BCUT2D eigenvalue weighted by atomic mass is 32.2. The Bertz CT molecular complexity index is 814. The fraction of sp³-hybridized carbons (Fsp3) is 0.312. The Morgan fingerprint density at radius 2 is 1.67 bits per heavy atom. The molecule has 0 atom stereocenters. The van der Waals surface area contributed by atoms with Gasteiger partial charge in [-0.1, -0.05) is 18.2 Å². The molecule has 1 aromatic heterocycles. The number of aryl methyl sites for hydroxylation is 1. The lowest BCUT2D eigenvalue weighted by Crippen LogP contribution is -2.50. The Kier molecular flexibility index (Phi) is 4.59. The summed E-state index contributed by atoms with van der Waals surface area (Å²) in [6, 6.07) is 8.33. The van der Waals surface area contributed by atoms with Crippen molar-refractivity contribution in [2.45, 2.75) is 11.8 Å². The van der Waals surface area contributed by atoms with Crippen LogP contribution in [-0.2, 0) is 10.0 Å². The summed E-state index contributed by atoms with van der Waals surface area (Å²) >= 11 is 0. The van der Waals surface area contributed by atoms with Crippen LogP contribution in [0, 0.1) is 6.92 Å². The molecule has 126 valence electrons. The fourth-order valence-electron chi connectivity index (χ4n) is 2.54. The molecule has 2 heterocycles. The van der Waals surface area contributed by atoms with Crippen LogP contribution in [-0.4, -0.2) is 59.7 Å². The standard InChI is InChI=1S/C16H18N4O3S/c1-13-11-18-15(12-17-13)16(21)19-7-9-20(10-8-19)24(22,23)14-5-3-2-4-6-14/h2-6,11-12H,7-10H2,1H3. The quantitative estimate of drug-likeness (QED) is 0.826. The maximum absolute atomic E-state index is 12.6. The highest BCUT2D eigenvalue weighted by Crippen LogP contribution is 2.17. The minimum atomic E-state index is -3.51.